The smallest absolute Gasteiger partial charge is 0.213 e. The zero-order valence-corrected chi connectivity index (χ0v) is 11.5. The van der Waals surface area contributed by atoms with Gasteiger partial charge in [0.05, 0.1) is 5.75 Å². The van der Waals surface area contributed by atoms with Gasteiger partial charge in [-0.1, -0.05) is 36.4 Å². The van der Waals surface area contributed by atoms with Gasteiger partial charge in [0.1, 0.15) is 5.82 Å². The zero-order chi connectivity index (χ0) is 14.6. The third-order valence-electron chi connectivity index (χ3n) is 2.80. The van der Waals surface area contributed by atoms with Crippen LogP contribution in [0.1, 0.15) is 11.1 Å². The number of hydrogen-bond acceptors (Lipinski definition) is 3. The molecule has 0 radical (unpaired) electrons. The summed E-state index contributed by atoms with van der Waals surface area (Å²) in [7, 11) is -3.60. The van der Waals surface area contributed by atoms with Crippen molar-refractivity contribution in [1.82, 2.24) is 0 Å². The lowest BCUT2D eigenvalue weighted by Gasteiger charge is -2.11. The Morgan fingerprint density at radius 3 is 2.25 bits per heavy atom. The number of benzene rings is 2. The van der Waals surface area contributed by atoms with Crippen molar-refractivity contribution in [3.8, 4) is 0 Å². The lowest BCUT2D eigenvalue weighted by Crippen LogP contribution is -2.15. The predicted octanol–water partition coefficient (Wildman–Crippen LogP) is 2.23. The van der Waals surface area contributed by atoms with Crippen LogP contribution in [-0.4, -0.2) is 8.42 Å². The first-order valence-electron chi connectivity index (χ1n) is 6.01. The van der Waals surface area contributed by atoms with E-state index in [0.29, 0.717) is 16.8 Å². The molecule has 2 aromatic rings. The Kier molecular flexibility index (Phi) is 4.36. The minimum Gasteiger partial charge on any atom is -0.381 e. The molecule has 0 aliphatic heterocycles. The van der Waals surface area contributed by atoms with E-state index in [4.69, 9.17) is 5.14 Å². The van der Waals surface area contributed by atoms with Crippen molar-refractivity contribution in [1.29, 1.82) is 0 Å². The fourth-order valence-electron chi connectivity index (χ4n) is 1.87. The Hall–Kier alpha value is -1.92. The van der Waals surface area contributed by atoms with Gasteiger partial charge in [-0.3, -0.25) is 0 Å². The summed E-state index contributed by atoms with van der Waals surface area (Å²) in [5, 5.41) is 8.09. The van der Waals surface area contributed by atoms with Crippen molar-refractivity contribution < 1.29 is 12.8 Å². The van der Waals surface area contributed by atoms with Crippen molar-refractivity contribution >= 4 is 15.7 Å². The molecule has 0 heterocycles. The molecule has 0 unspecified atom stereocenters. The molecule has 20 heavy (non-hydrogen) atoms. The number of primary sulfonamides is 1. The van der Waals surface area contributed by atoms with Crippen molar-refractivity contribution in [2.75, 3.05) is 5.32 Å². The lowest BCUT2D eigenvalue weighted by atomic mass is 10.1. The molecule has 4 nitrogen and oxygen atoms in total. The van der Waals surface area contributed by atoms with Gasteiger partial charge in [0.25, 0.3) is 0 Å². The maximum absolute atomic E-state index is 13.5. The third-order valence-corrected chi connectivity index (χ3v) is 3.51. The molecule has 6 heteroatoms. The maximum Gasteiger partial charge on any atom is 0.213 e. The molecule has 0 fully saturated rings. The number of rotatable bonds is 5. The minimum absolute atomic E-state index is 0.257. The van der Waals surface area contributed by atoms with E-state index in [1.54, 1.807) is 42.5 Å². The number of sulfonamides is 1. The van der Waals surface area contributed by atoms with E-state index in [-0.39, 0.29) is 18.1 Å². The number of nitrogens with two attached hydrogens (primary N) is 1. The topological polar surface area (TPSA) is 72.2 Å². The largest absolute Gasteiger partial charge is 0.381 e. The first kappa shape index (κ1) is 14.5. The Morgan fingerprint density at radius 1 is 1.00 bits per heavy atom. The van der Waals surface area contributed by atoms with Crippen LogP contribution in [0.2, 0.25) is 0 Å². The molecule has 0 saturated heterocycles. The van der Waals surface area contributed by atoms with Gasteiger partial charge < -0.3 is 5.32 Å². The molecule has 106 valence electrons. The monoisotopic (exact) mass is 294 g/mol. The Labute approximate surface area is 117 Å². The van der Waals surface area contributed by atoms with Crippen molar-refractivity contribution in [2.45, 2.75) is 12.3 Å². The highest BCUT2D eigenvalue weighted by atomic mass is 32.2. The van der Waals surface area contributed by atoms with Gasteiger partial charge in [-0.15, -0.1) is 0 Å². The maximum atomic E-state index is 13.5. The Morgan fingerprint density at radius 2 is 1.60 bits per heavy atom. The fourth-order valence-corrected chi connectivity index (χ4v) is 2.55. The summed E-state index contributed by atoms with van der Waals surface area (Å²) in [4.78, 5) is 0. The van der Waals surface area contributed by atoms with Crippen molar-refractivity contribution in [3.05, 3.63) is 65.5 Å². The summed E-state index contributed by atoms with van der Waals surface area (Å²) >= 11 is 0. The van der Waals surface area contributed by atoms with Crippen LogP contribution < -0.4 is 10.5 Å². The van der Waals surface area contributed by atoms with Gasteiger partial charge in [-0.25, -0.2) is 17.9 Å². The molecule has 2 aromatic carbocycles. The van der Waals surface area contributed by atoms with E-state index in [1.165, 1.54) is 6.07 Å². The van der Waals surface area contributed by atoms with Crippen LogP contribution in [-0.2, 0) is 22.3 Å². The highest BCUT2D eigenvalue weighted by Gasteiger charge is 2.09. The molecular formula is C14H15FN2O2S. The van der Waals surface area contributed by atoms with Crippen LogP contribution in [0.25, 0.3) is 0 Å². The summed E-state index contributed by atoms with van der Waals surface area (Å²) in [6.07, 6.45) is 0. The summed E-state index contributed by atoms with van der Waals surface area (Å²) in [6.45, 7) is 0.272. The van der Waals surface area contributed by atoms with Gasteiger partial charge in [0.15, 0.2) is 0 Å². The summed E-state index contributed by atoms with van der Waals surface area (Å²) < 4.78 is 35.9. The molecule has 0 spiro atoms. The zero-order valence-electron chi connectivity index (χ0n) is 10.7. The van der Waals surface area contributed by atoms with Crippen LogP contribution >= 0.6 is 0 Å². The van der Waals surface area contributed by atoms with Gasteiger partial charge in [-0.05, 0) is 17.7 Å². The average Bonchev–Trinajstić information content (AvgIpc) is 2.37. The molecule has 0 atom stereocenters. The number of halogens is 1. The Bertz CT molecular complexity index is 702. The van der Waals surface area contributed by atoms with E-state index in [0.717, 1.165) is 0 Å². The van der Waals surface area contributed by atoms with Gasteiger partial charge in [0, 0.05) is 17.8 Å². The van der Waals surface area contributed by atoms with Crippen LogP contribution in [0.5, 0.6) is 0 Å². The van der Waals surface area contributed by atoms with Crippen LogP contribution in [0, 0.1) is 5.82 Å². The second-order valence-electron chi connectivity index (χ2n) is 4.41. The quantitative estimate of drug-likeness (QED) is 0.888. The van der Waals surface area contributed by atoms with E-state index < -0.39 is 10.0 Å². The highest BCUT2D eigenvalue weighted by Crippen LogP contribution is 2.18. The SMILES string of the molecule is NS(=O)(=O)Cc1ccccc1NCc1ccccc1F. The Balaban J connectivity index is 2.16. The number of nitrogens with one attached hydrogen (secondary N) is 1. The molecular weight excluding hydrogens is 279 g/mol. The van der Waals surface area contributed by atoms with Crippen LogP contribution in [0.15, 0.2) is 48.5 Å². The van der Waals surface area contributed by atoms with Crippen molar-refractivity contribution in [3.63, 3.8) is 0 Å². The first-order valence-corrected chi connectivity index (χ1v) is 7.73. The molecule has 0 aliphatic carbocycles. The van der Waals surface area contributed by atoms with Gasteiger partial charge in [-0.2, -0.15) is 0 Å². The fraction of sp³-hybridized carbons (Fsp3) is 0.143. The van der Waals surface area contributed by atoms with Crippen LogP contribution in [0.4, 0.5) is 10.1 Å². The number of para-hydroxylation sites is 1. The normalized spacial score (nSPS) is 11.3. The predicted molar refractivity (Wildman–Crippen MR) is 77.0 cm³/mol. The van der Waals surface area contributed by atoms with Gasteiger partial charge >= 0.3 is 0 Å². The second-order valence-corrected chi connectivity index (χ2v) is 6.02. The van der Waals surface area contributed by atoms with E-state index >= 15 is 0 Å². The van der Waals surface area contributed by atoms with E-state index in [1.807, 2.05) is 0 Å². The van der Waals surface area contributed by atoms with Crippen LogP contribution in [0.3, 0.4) is 0 Å². The molecule has 2 rings (SSSR count). The summed E-state index contributed by atoms with van der Waals surface area (Å²) in [5.41, 5.74) is 1.70. The highest BCUT2D eigenvalue weighted by molar-refractivity contribution is 7.88. The molecule has 0 bridgehead atoms. The average molecular weight is 294 g/mol. The minimum atomic E-state index is -3.60. The molecule has 0 amide bonds. The van der Waals surface area contributed by atoms with Crippen molar-refractivity contribution in [2.24, 2.45) is 5.14 Å². The molecule has 0 aromatic heterocycles. The third kappa shape index (κ3) is 4.04. The lowest BCUT2D eigenvalue weighted by molar-refractivity contribution is 0.597. The van der Waals surface area contributed by atoms with E-state index in [9.17, 15) is 12.8 Å². The molecule has 3 N–H and O–H groups in total. The summed E-state index contributed by atoms with van der Waals surface area (Å²) in [6, 6.07) is 13.3. The standard InChI is InChI=1S/C14H15FN2O2S/c15-13-7-3-1-5-11(13)9-17-14-8-4-2-6-12(14)10-20(16,18)19/h1-8,17H,9-10H2,(H2,16,18,19). The number of hydrogen-bond donors (Lipinski definition) is 2. The molecule has 0 aliphatic rings. The first-order chi connectivity index (χ1) is 9.46. The van der Waals surface area contributed by atoms with E-state index in [2.05, 4.69) is 5.32 Å². The van der Waals surface area contributed by atoms with Gasteiger partial charge in [0.2, 0.25) is 10.0 Å². The number of anilines is 1. The molecule has 0 saturated carbocycles. The second kappa shape index (κ2) is 6.02. The summed E-state index contributed by atoms with van der Waals surface area (Å²) in [5.74, 6) is -0.558.